The fraction of sp³-hybridized carbons (Fsp3) is 0.583. The normalized spacial score (nSPS) is 17.7. The van der Waals surface area contributed by atoms with E-state index in [1.54, 1.807) is 14.2 Å². The van der Waals surface area contributed by atoms with Crippen molar-refractivity contribution >= 4 is 6.21 Å². The lowest BCUT2D eigenvalue weighted by Crippen LogP contribution is -2.07. The number of allylic oxidation sites excluding steroid dienone is 2. The summed E-state index contributed by atoms with van der Waals surface area (Å²) < 4.78 is 10.2. The van der Waals surface area contributed by atoms with E-state index in [1.165, 1.54) is 0 Å². The Kier molecular flexibility index (Phi) is 5.75. The average molecular weight is 211 g/mol. The van der Waals surface area contributed by atoms with Crippen LogP contribution in [0, 0.1) is 5.41 Å². The Morgan fingerprint density at radius 3 is 2.20 bits per heavy atom. The number of rotatable bonds is 2. The van der Waals surface area contributed by atoms with E-state index in [0.717, 1.165) is 0 Å². The molecular formula is C12H21NO2. The van der Waals surface area contributed by atoms with E-state index >= 15 is 0 Å². The summed E-state index contributed by atoms with van der Waals surface area (Å²) in [6, 6.07) is 0. The molecule has 0 atom stereocenters. The van der Waals surface area contributed by atoms with Crippen LogP contribution in [0.5, 0.6) is 0 Å². The van der Waals surface area contributed by atoms with E-state index in [-0.39, 0.29) is 5.41 Å². The van der Waals surface area contributed by atoms with Gasteiger partial charge in [0.15, 0.2) is 5.76 Å². The van der Waals surface area contributed by atoms with Crippen molar-refractivity contribution in [1.29, 1.82) is 0 Å². The smallest absolute Gasteiger partial charge is 0.256 e. The van der Waals surface area contributed by atoms with Gasteiger partial charge in [-0.05, 0) is 6.08 Å². The van der Waals surface area contributed by atoms with Crippen LogP contribution >= 0.6 is 0 Å². The van der Waals surface area contributed by atoms with Gasteiger partial charge < -0.3 is 9.47 Å². The maximum atomic E-state index is 5.12. The molecule has 0 unspecified atom stereocenters. The molecule has 1 aliphatic rings. The first-order valence-corrected chi connectivity index (χ1v) is 5.16. The van der Waals surface area contributed by atoms with Gasteiger partial charge in [0.1, 0.15) is 0 Å². The van der Waals surface area contributed by atoms with E-state index < -0.39 is 0 Å². The fourth-order valence-electron chi connectivity index (χ4n) is 1.00. The van der Waals surface area contributed by atoms with Crippen LogP contribution in [-0.2, 0) is 9.47 Å². The minimum absolute atomic E-state index is 0.0515. The highest BCUT2D eigenvalue weighted by atomic mass is 16.5. The lowest BCUT2D eigenvalue weighted by molar-refractivity contribution is 0.229. The number of nitrogens with zero attached hydrogens (tertiary/aromatic N) is 1. The van der Waals surface area contributed by atoms with Crippen LogP contribution in [0.4, 0.5) is 0 Å². The van der Waals surface area contributed by atoms with Gasteiger partial charge in [0, 0.05) is 11.6 Å². The largest absolute Gasteiger partial charge is 0.491 e. The van der Waals surface area contributed by atoms with Crippen LogP contribution in [0.15, 0.2) is 28.8 Å². The molecule has 0 aromatic rings. The molecule has 1 rings (SSSR count). The Balaban J connectivity index is 0.000000921. The molecule has 0 radical (unpaired) electrons. The molecule has 0 saturated heterocycles. The van der Waals surface area contributed by atoms with Crippen LogP contribution in [0.3, 0.4) is 0 Å². The van der Waals surface area contributed by atoms with E-state index in [1.807, 2.05) is 32.2 Å². The SMILES string of the molecule is CC.COC1=C(OC)N=CC(C)(C)C=C1. The first-order valence-electron chi connectivity index (χ1n) is 5.16. The molecule has 0 spiro atoms. The summed E-state index contributed by atoms with van der Waals surface area (Å²) >= 11 is 0. The maximum Gasteiger partial charge on any atom is 0.256 e. The summed E-state index contributed by atoms with van der Waals surface area (Å²) in [4.78, 5) is 4.19. The number of methoxy groups -OCH3 is 2. The van der Waals surface area contributed by atoms with Gasteiger partial charge in [-0.1, -0.05) is 33.8 Å². The van der Waals surface area contributed by atoms with Crippen molar-refractivity contribution in [2.75, 3.05) is 14.2 Å². The van der Waals surface area contributed by atoms with Crippen molar-refractivity contribution in [2.24, 2.45) is 10.4 Å². The third kappa shape index (κ3) is 4.19. The molecule has 1 heterocycles. The summed E-state index contributed by atoms with van der Waals surface area (Å²) in [6.07, 6.45) is 5.75. The third-order valence-corrected chi connectivity index (χ3v) is 1.80. The number of aliphatic imine (C=N–C) groups is 1. The number of hydrogen-bond donors (Lipinski definition) is 0. The topological polar surface area (TPSA) is 30.8 Å². The van der Waals surface area contributed by atoms with Crippen molar-refractivity contribution in [3.63, 3.8) is 0 Å². The number of ether oxygens (including phenoxy) is 2. The van der Waals surface area contributed by atoms with Crippen LogP contribution in [0.1, 0.15) is 27.7 Å². The molecule has 0 N–H and O–H groups in total. The molecule has 0 fully saturated rings. The summed E-state index contributed by atoms with van der Waals surface area (Å²) in [6.45, 7) is 8.14. The van der Waals surface area contributed by atoms with Gasteiger partial charge >= 0.3 is 0 Å². The molecule has 0 aliphatic carbocycles. The van der Waals surface area contributed by atoms with Crippen LogP contribution < -0.4 is 0 Å². The Bertz CT molecular complexity index is 249. The molecule has 0 aromatic heterocycles. The van der Waals surface area contributed by atoms with Crippen molar-refractivity contribution in [3.8, 4) is 0 Å². The van der Waals surface area contributed by atoms with Gasteiger partial charge in [0.25, 0.3) is 5.88 Å². The van der Waals surface area contributed by atoms with Gasteiger partial charge in [0.05, 0.1) is 14.2 Å². The van der Waals surface area contributed by atoms with Crippen molar-refractivity contribution in [3.05, 3.63) is 23.8 Å². The minimum atomic E-state index is -0.0515. The first kappa shape index (κ1) is 13.8. The zero-order chi connectivity index (χ0) is 11.9. The Hall–Kier alpha value is -1.25. The minimum Gasteiger partial charge on any atom is -0.491 e. The lowest BCUT2D eigenvalue weighted by Gasteiger charge is -2.10. The van der Waals surface area contributed by atoms with Gasteiger partial charge in [-0.25, -0.2) is 4.99 Å². The van der Waals surface area contributed by atoms with Gasteiger partial charge in [-0.15, -0.1) is 0 Å². The number of hydrogen-bond acceptors (Lipinski definition) is 3. The van der Waals surface area contributed by atoms with Crippen LogP contribution in [0.25, 0.3) is 0 Å². The highest BCUT2D eigenvalue weighted by Crippen LogP contribution is 2.21. The van der Waals surface area contributed by atoms with Crippen LogP contribution in [0.2, 0.25) is 0 Å². The molecule has 15 heavy (non-hydrogen) atoms. The molecule has 3 nitrogen and oxygen atoms in total. The molecule has 0 aromatic carbocycles. The molecule has 3 heteroatoms. The highest BCUT2D eigenvalue weighted by molar-refractivity contribution is 5.69. The Morgan fingerprint density at radius 2 is 1.73 bits per heavy atom. The van der Waals surface area contributed by atoms with E-state index in [2.05, 4.69) is 18.8 Å². The van der Waals surface area contributed by atoms with Gasteiger partial charge in [-0.2, -0.15) is 0 Å². The zero-order valence-electron chi connectivity index (χ0n) is 10.5. The second-order valence-electron chi connectivity index (χ2n) is 3.49. The van der Waals surface area contributed by atoms with Crippen molar-refractivity contribution in [1.82, 2.24) is 0 Å². The highest BCUT2D eigenvalue weighted by Gasteiger charge is 2.15. The maximum absolute atomic E-state index is 5.12. The van der Waals surface area contributed by atoms with Gasteiger partial charge in [0.2, 0.25) is 0 Å². The van der Waals surface area contributed by atoms with Gasteiger partial charge in [-0.3, -0.25) is 0 Å². The summed E-state index contributed by atoms with van der Waals surface area (Å²) in [5.74, 6) is 1.17. The predicted octanol–water partition coefficient (Wildman–Crippen LogP) is 3.14. The third-order valence-electron chi connectivity index (χ3n) is 1.80. The Morgan fingerprint density at radius 1 is 1.13 bits per heavy atom. The second kappa shape index (κ2) is 6.27. The van der Waals surface area contributed by atoms with E-state index in [4.69, 9.17) is 9.47 Å². The molecular weight excluding hydrogens is 190 g/mol. The summed E-state index contributed by atoms with van der Waals surface area (Å²) in [5, 5.41) is 0. The standard InChI is InChI=1S/C10H15NO2.C2H6/c1-10(2)6-5-8(12-3)9(13-4)11-7-10;1-2/h5-7H,1-4H3;1-2H3. The molecule has 0 amide bonds. The lowest BCUT2D eigenvalue weighted by atomic mass is 9.95. The van der Waals surface area contributed by atoms with Crippen LogP contribution in [-0.4, -0.2) is 20.4 Å². The molecule has 1 aliphatic heterocycles. The molecule has 86 valence electrons. The monoisotopic (exact) mass is 211 g/mol. The summed E-state index contributed by atoms with van der Waals surface area (Å²) in [5.41, 5.74) is -0.0515. The van der Waals surface area contributed by atoms with Crippen molar-refractivity contribution < 1.29 is 9.47 Å². The average Bonchev–Trinajstić information content (AvgIpc) is 2.39. The fourth-order valence-corrected chi connectivity index (χ4v) is 1.00. The molecule has 0 bridgehead atoms. The quantitative estimate of drug-likeness (QED) is 0.702. The van der Waals surface area contributed by atoms with E-state index in [0.29, 0.717) is 11.6 Å². The zero-order valence-corrected chi connectivity index (χ0v) is 10.5. The van der Waals surface area contributed by atoms with Crippen molar-refractivity contribution in [2.45, 2.75) is 27.7 Å². The Labute approximate surface area is 92.5 Å². The van der Waals surface area contributed by atoms with E-state index in [9.17, 15) is 0 Å². The predicted molar refractivity (Wildman–Crippen MR) is 63.8 cm³/mol. The summed E-state index contributed by atoms with van der Waals surface area (Å²) in [7, 11) is 3.18. The molecule has 0 saturated carbocycles. The first-order chi connectivity index (χ1) is 7.09. The second-order valence-corrected chi connectivity index (χ2v) is 3.49.